The molecule has 0 saturated heterocycles. The largest absolute Gasteiger partial charge is 0.261 e. The number of nitrogens with zero attached hydrogens (tertiary/aromatic N) is 1. The summed E-state index contributed by atoms with van der Waals surface area (Å²) in [5, 5.41) is 0. The fraction of sp³-hybridized carbons (Fsp3) is 0.444. The minimum absolute atomic E-state index is 0.0640. The molecular weight excluding hydrogens is 222 g/mol. The molecule has 0 unspecified atom stereocenters. The fourth-order valence-electron chi connectivity index (χ4n) is 1.22. The Hall–Kier alpha value is -0.610. The summed E-state index contributed by atoms with van der Waals surface area (Å²) in [4.78, 5) is 4.16. The van der Waals surface area contributed by atoms with E-state index in [1.807, 2.05) is 19.9 Å². The molecule has 1 heterocycles. The number of rotatable bonds is 3. The maximum Gasteiger partial charge on any atom is 0.232 e. The predicted molar refractivity (Wildman–Crippen MR) is 57.1 cm³/mol. The van der Waals surface area contributed by atoms with Crippen molar-refractivity contribution in [2.24, 2.45) is 0 Å². The molecule has 0 aromatic carbocycles. The van der Waals surface area contributed by atoms with Gasteiger partial charge in [-0.15, -0.1) is 0 Å². The molecule has 1 aromatic heterocycles. The lowest BCUT2D eigenvalue weighted by Gasteiger charge is -2.03. The molecule has 14 heavy (non-hydrogen) atoms. The van der Waals surface area contributed by atoms with Gasteiger partial charge in [0.1, 0.15) is 0 Å². The van der Waals surface area contributed by atoms with Gasteiger partial charge in [0.25, 0.3) is 0 Å². The molecule has 0 atom stereocenters. The van der Waals surface area contributed by atoms with Crippen LogP contribution in [0.4, 0.5) is 0 Å². The number of halogens is 1. The van der Waals surface area contributed by atoms with Crippen molar-refractivity contribution >= 4 is 19.7 Å². The molecule has 0 aliphatic heterocycles. The van der Waals surface area contributed by atoms with Crippen LogP contribution in [-0.4, -0.2) is 19.2 Å². The quantitative estimate of drug-likeness (QED) is 0.749. The lowest BCUT2D eigenvalue weighted by atomic mass is 10.1. The number of pyridine rings is 1. The molecular formula is C9H12ClNO2S. The van der Waals surface area contributed by atoms with Crippen LogP contribution in [0.5, 0.6) is 0 Å². The van der Waals surface area contributed by atoms with Crippen LogP contribution < -0.4 is 0 Å². The van der Waals surface area contributed by atoms with Crippen LogP contribution in [0.2, 0.25) is 0 Å². The molecule has 0 saturated carbocycles. The van der Waals surface area contributed by atoms with E-state index in [4.69, 9.17) is 10.7 Å². The van der Waals surface area contributed by atoms with E-state index in [0.717, 1.165) is 16.8 Å². The van der Waals surface area contributed by atoms with Gasteiger partial charge in [-0.3, -0.25) is 4.98 Å². The third kappa shape index (κ3) is 3.64. The van der Waals surface area contributed by atoms with E-state index in [9.17, 15) is 8.42 Å². The van der Waals surface area contributed by atoms with Gasteiger partial charge in [-0.05, 0) is 25.0 Å². The Morgan fingerprint density at radius 1 is 1.43 bits per heavy atom. The van der Waals surface area contributed by atoms with Gasteiger partial charge in [-0.2, -0.15) is 0 Å². The third-order valence-corrected chi connectivity index (χ3v) is 3.06. The minimum atomic E-state index is -3.42. The summed E-state index contributed by atoms with van der Waals surface area (Å²) >= 11 is 0. The van der Waals surface area contributed by atoms with Crippen molar-refractivity contribution < 1.29 is 8.42 Å². The Kier molecular flexibility index (Phi) is 3.50. The smallest absolute Gasteiger partial charge is 0.232 e. The van der Waals surface area contributed by atoms with E-state index in [1.54, 1.807) is 6.20 Å². The second-order valence-corrected chi connectivity index (χ2v) is 6.17. The number of hydrogen-bond acceptors (Lipinski definition) is 3. The maximum atomic E-state index is 10.7. The first-order chi connectivity index (χ1) is 6.38. The van der Waals surface area contributed by atoms with Crippen molar-refractivity contribution in [3.8, 4) is 0 Å². The predicted octanol–water partition coefficient (Wildman–Crippen LogP) is 1.81. The zero-order chi connectivity index (χ0) is 10.8. The number of aryl methyl sites for hydroxylation is 3. The van der Waals surface area contributed by atoms with Crippen LogP contribution in [0.3, 0.4) is 0 Å². The van der Waals surface area contributed by atoms with Crippen molar-refractivity contribution in [2.45, 2.75) is 20.3 Å². The van der Waals surface area contributed by atoms with Crippen LogP contribution in [0, 0.1) is 13.8 Å². The summed E-state index contributed by atoms with van der Waals surface area (Å²) < 4.78 is 21.4. The molecule has 0 fully saturated rings. The zero-order valence-corrected chi connectivity index (χ0v) is 9.69. The molecule has 78 valence electrons. The topological polar surface area (TPSA) is 47.0 Å². The van der Waals surface area contributed by atoms with Crippen LogP contribution in [0.1, 0.15) is 16.8 Å². The number of aromatic nitrogens is 1. The van der Waals surface area contributed by atoms with E-state index in [0.29, 0.717) is 6.42 Å². The summed E-state index contributed by atoms with van der Waals surface area (Å²) in [7, 11) is 1.69. The Labute approximate surface area is 88.5 Å². The van der Waals surface area contributed by atoms with Crippen molar-refractivity contribution in [2.75, 3.05) is 5.75 Å². The van der Waals surface area contributed by atoms with E-state index in [-0.39, 0.29) is 5.75 Å². The molecule has 0 aliphatic carbocycles. The summed E-state index contributed by atoms with van der Waals surface area (Å²) in [6.45, 7) is 3.86. The van der Waals surface area contributed by atoms with Gasteiger partial charge in [-0.1, -0.05) is 6.07 Å². The molecule has 0 spiro atoms. The van der Waals surface area contributed by atoms with Crippen LogP contribution >= 0.6 is 10.7 Å². The summed E-state index contributed by atoms with van der Waals surface area (Å²) in [5.41, 5.74) is 2.87. The average Bonchev–Trinajstić information content (AvgIpc) is 2.00. The van der Waals surface area contributed by atoms with E-state index in [2.05, 4.69) is 4.98 Å². The first-order valence-corrected chi connectivity index (χ1v) is 6.71. The highest BCUT2D eigenvalue weighted by atomic mass is 35.7. The molecule has 3 nitrogen and oxygen atoms in total. The highest BCUT2D eigenvalue weighted by Gasteiger charge is 2.08. The fourth-order valence-corrected chi connectivity index (χ4v) is 1.89. The Morgan fingerprint density at radius 2 is 2.07 bits per heavy atom. The first-order valence-electron chi connectivity index (χ1n) is 4.23. The van der Waals surface area contributed by atoms with Crippen molar-refractivity contribution in [3.63, 3.8) is 0 Å². The van der Waals surface area contributed by atoms with Crippen molar-refractivity contribution in [3.05, 3.63) is 29.1 Å². The lowest BCUT2D eigenvalue weighted by molar-refractivity contribution is 0.608. The van der Waals surface area contributed by atoms with E-state index in [1.165, 1.54) is 0 Å². The standard InChI is InChI=1S/C9H12ClNO2S/c1-7-5-8(2)9(11-6-7)3-4-14(10,12)13/h5-6H,3-4H2,1-2H3. The monoisotopic (exact) mass is 233 g/mol. The molecule has 0 amide bonds. The van der Waals surface area contributed by atoms with Crippen molar-refractivity contribution in [1.29, 1.82) is 0 Å². The summed E-state index contributed by atoms with van der Waals surface area (Å²) in [5.74, 6) is -0.0640. The third-order valence-electron chi connectivity index (χ3n) is 1.91. The van der Waals surface area contributed by atoms with Gasteiger partial charge in [0.15, 0.2) is 0 Å². The normalized spacial score (nSPS) is 11.6. The van der Waals surface area contributed by atoms with Crippen LogP contribution in [-0.2, 0) is 15.5 Å². The van der Waals surface area contributed by atoms with E-state index < -0.39 is 9.05 Å². The minimum Gasteiger partial charge on any atom is -0.261 e. The first kappa shape index (κ1) is 11.5. The second-order valence-electron chi connectivity index (χ2n) is 3.27. The molecule has 0 bridgehead atoms. The maximum absolute atomic E-state index is 10.7. The number of hydrogen-bond donors (Lipinski definition) is 0. The van der Waals surface area contributed by atoms with Crippen molar-refractivity contribution in [1.82, 2.24) is 4.98 Å². The highest BCUT2D eigenvalue weighted by molar-refractivity contribution is 8.13. The summed E-state index contributed by atoms with van der Waals surface area (Å²) in [6.07, 6.45) is 2.10. The average molecular weight is 234 g/mol. The molecule has 0 aliphatic rings. The molecule has 1 rings (SSSR count). The van der Waals surface area contributed by atoms with Gasteiger partial charge >= 0.3 is 0 Å². The summed E-state index contributed by atoms with van der Waals surface area (Å²) in [6, 6.07) is 1.98. The van der Waals surface area contributed by atoms with E-state index >= 15 is 0 Å². The highest BCUT2D eigenvalue weighted by Crippen LogP contribution is 2.09. The second kappa shape index (κ2) is 4.28. The SMILES string of the molecule is Cc1cnc(CCS(=O)(=O)Cl)c(C)c1. The molecule has 0 radical (unpaired) electrons. The Morgan fingerprint density at radius 3 is 2.57 bits per heavy atom. The van der Waals surface area contributed by atoms with Gasteiger partial charge < -0.3 is 0 Å². The zero-order valence-electron chi connectivity index (χ0n) is 8.12. The van der Waals surface area contributed by atoms with Crippen LogP contribution in [0.25, 0.3) is 0 Å². The Balaban J connectivity index is 2.78. The Bertz CT molecular complexity index is 428. The van der Waals surface area contributed by atoms with Gasteiger partial charge in [-0.25, -0.2) is 8.42 Å². The molecule has 0 N–H and O–H groups in total. The molecule has 1 aromatic rings. The van der Waals surface area contributed by atoms with Gasteiger partial charge in [0.05, 0.1) is 5.75 Å². The lowest BCUT2D eigenvalue weighted by Crippen LogP contribution is -2.04. The van der Waals surface area contributed by atoms with Gasteiger partial charge in [0, 0.05) is 29.0 Å². The van der Waals surface area contributed by atoms with Crippen LogP contribution in [0.15, 0.2) is 12.3 Å². The molecule has 5 heteroatoms. The van der Waals surface area contributed by atoms with Gasteiger partial charge in [0.2, 0.25) is 9.05 Å².